The highest BCUT2D eigenvalue weighted by Crippen LogP contribution is 1.74. The van der Waals surface area contributed by atoms with Crippen molar-refractivity contribution in [3.63, 3.8) is 0 Å². The molecule has 4 N–H and O–H groups in total. The minimum Gasteiger partial charge on any atom is -0.481 e. The van der Waals surface area contributed by atoms with E-state index in [2.05, 4.69) is 0 Å². The standard InChI is InChI=1S/C4H4O4.C3H4O4/c5-3(6)1-2-4(7)8;4-2(5)1-3(6)7/h1-2H,(H,5,6)(H,7,8);1H2,(H,4,5)(H,6,7)/b2-1-;. The summed E-state index contributed by atoms with van der Waals surface area (Å²) >= 11 is 0. The van der Waals surface area contributed by atoms with Crippen LogP contribution in [-0.4, -0.2) is 44.3 Å². The van der Waals surface area contributed by atoms with Crippen molar-refractivity contribution in [2.45, 2.75) is 6.42 Å². The predicted octanol–water partition coefficient (Wildman–Crippen LogP) is -0.742. The molecule has 0 saturated carbocycles. The molecule has 0 aromatic rings. The van der Waals surface area contributed by atoms with E-state index in [9.17, 15) is 19.2 Å². The molecule has 0 unspecified atom stereocenters. The average molecular weight is 220 g/mol. The lowest BCUT2D eigenvalue weighted by Crippen LogP contribution is -2.03. The van der Waals surface area contributed by atoms with Crippen LogP contribution in [0.3, 0.4) is 0 Å². The van der Waals surface area contributed by atoms with Gasteiger partial charge in [0.05, 0.1) is 0 Å². The first kappa shape index (κ1) is 15.1. The quantitative estimate of drug-likeness (QED) is 0.357. The van der Waals surface area contributed by atoms with Gasteiger partial charge in [-0.15, -0.1) is 0 Å². The van der Waals surface area contributed by atoms with E-state index in [-0.39, 0.29) is 0 Å². The van der Waals surface area contributed by atoms with Crippen LogP contribution in [-0.2, 0) is 19.2 Å². The Morgan fingerprint density at radius 1 is 0.733 bits per heavy atom. The zero-order valence-corrected chi connectivity index (χ0v) is 7.28. The number of carboxylic acids is 4. The van der Waals surface area contributed by atoms with E-state index in [1.165, 1.54) is 0 Å². The van der Waals surface area contributed by atoms with E-state index in [1.54, 1.807) is 0 Å². The Hall–Kier alpha value is -2.38. The van der Waals surface area contributed by atoms with Crippen LogP contribution in [0.25, 0.3) is 0 Å². The van der Waals surface area contributed by atoms with Crippen molar-refractivity contribution in [2.75, 3.05) is 0 Å². The fourth-order valence-corrected chi connectivity index (χ4v) is 0.272. The van der Waals surface area contributed by atoms with Crippen molar-refractivity contribution >= 4 is 23.9 Å². The third-order valence-electron chi connectivity index (χ3n) is 0.671. The van der Waals surface area contributed by atoms with Gasteiger partial charge in [0.1, 0.15) is 6.42 Å². The summed E-state index contributed by atoms with van der Waals surface area (Å²) in [6, 6.07) is 0. The number of carbonyl (C=O) groups is 4. The average Bonchev–Trinajstić information content (AvgIpc) is 1.99. The molecule has 0 spiro atoms. The van der Waals surface area contributed by atoms with Gasteiger partial charge in [-0.2, -0.15) is 0 Å². The van der Waals surface area contributed by atoms with Crippen molar-refractivity contribution in [1.82, 2.24) is 0 Å². The second-order valence-corrected chi connectivity index (χ2v) is 1.97. The van der Waals surface area contributed by atoms with Gasteiger partial charge in [-0.25, -0.2) is 9.59 Å². The van der Waals surface area contributed by atoms with Gasteiger partial charge < -0.3 is 20.4 Å². The molecular formula is C7H8O8. The van der Waals surface area contributed by atoms with Crippen LogP contribution in [0.5, 0.6) is 0 Å². The van der Waals surface area contributed by atoms with Crippen LogP contribution in [0.4, 0.5) is 0 Å². The molecule has 8 nitrogen and oxygen atoms in total. The van der Waals surface area contributed by atoms with Gasteiger partial charge >= 0.3 is 23.9 Å². The molecule has 0 saturated heterocycles. The zero-order chi connectivity index (χ0) is 12.4. The summed E-state index contributed by atoms with van der Waals surface area (Å²) in [5.74, 6) is -5.14. The Morgan fingerprint density at radius 3 is 1.07 bits per heavy atom. The Kier molecular flexibility index (Phi) is 8.29. The SMILES string of the molecule is O=C(O)/C=C\C(=O)O.O=C(O)CC(=O)O. The van der Waals surface area contributed by atoms with E-state index in [0.29, 0.717) is 12.2 Å². The minimum atomic E-state index is -1.31. The number of hydrogen-bond acceptors (Lipinski definition) is 4. The smallest absolute Gasteiger partial charge is 0.328 e. The Bertz CT molecular complexity index is 261. The van der Waals surface area contributed by atoms with E-state index >= 15 is 0 Å². The summed E-state index contributed by atoms with van der Waals surface area (Å²) in [5.41, 5.74) is 0. The second kappa shape index (κ2) is 8.23. The molecule has 0 radical (unpaired) electrons. The summed E-state index contributed by atoms with van der Waals surface area (Å²) in [6.07, 6.45) is 0.310. The molecule has 0 heterocycles. The first-order valence-corrected chi connectivity index (χ1v) is 3.33. The van der Waals surface area contributed by atoms with Crippen LogP contribution < -0.4 is 0 Å². The lowest BCUT2D eigenvalue weighted by Gasteiger charge is -1.80. The van der Waals surface area contributed by atoms with Crippen LogP contribution in [0.15, 0.2) is 12.2 Å². The van der Waals surface area contributed by atoms with Crippen LogP contribution in [0.2, 0.25) is 0 Å². The summed E-state index contributed by atoms with van der Waals surface area (Å²) < 4.78 is 0. The molecule has 0 aliphatic rings. The van der Waals surface area contributed by atoms with Gasteiger partial charge in [-0.1, -0.05) is 0 Å². The largest absolute Gasteiger partial charge is 0.481 e. The number of rotatable bonds is 4. The normalized spacial score (nSPS) is 8.80. The Balaban J connectivity index is 0. The first-order chi connectivity index (χ1) is 6.75. The summed E-state index contributed by atoms with van der Waals surface area (Å²) in [4.78, 5) is 38.0. The molecule has 0 aromatic heterocycles. The topological polar surface area (TPSA) is 149 Å². The van der Waals surface area contributed by atoms with Gasteiger partial charge in [0.2, 0.25) is 0 Å². The van der Waals surface area contributed by atoms with Gasteiger partial charge in [-0.3, -0.25) is 9.59 Å². The van der Waals surface area contributed by atoms with Gasteiger partial charge in [0.25, 0.3) is 0 Å². The summed E-state index contributed by atoms with van der Waals surface area (Å²) in [6.45, 7) is 0. The van der Waals surface area contributed by atoms with Crippen LogP contribution in [0, 0.1) is 0 Å². The van der Waals surface area contributed by atoms with E-state index < -0.39 is 30.3 Å². The molecule has 0 rings (SSSR count). The van der Waals surface area contributed by atoms with E-state index in [0.717, 1.165) is 0 Å². The monoisotopic (exact) mass is 220 g/mol. The Labute approximate surface area is 83.1 Å². The highest BCUT2D eigenvalue weighted by molar-refractivity contribution is 5.89. The fraction of sp³-hybridized carbons (Fsp3) is 0.143. The molecule has 84 valence electrons. The molecule has 0 aliphatic heterocycles. The van der Waals surface area contributed by atoms with Crippen molar-refractivity contribution < 1.29 is 39.6 Å². The predicted molar refractivity (Wildman–Crippen MR) is 44.3 cm³/mol. The second-order valence-electron chi connectivity index (χ2n) is 1.97. The molecule has 0 amide bonds. The third-order valence-corrected chi connectivity index (χ3v) is 0.671. The highest BCUT2D eigenvalue weighted by atomic mass is 16.4. The van der Waals surface area contributed by atoms with Gasteiger partial charge in [0.15, 0.2) is 0 Å². The summed E-state index contributed by atoms with van der Waals surface area (Å²) in [7, 11) is 0. The van der Waals surface area contributed by atoms with Crippen LogP contribution in [0.1, 0.15) is 6.42 Å². The van der Waals surface area contributed by atoms with E-state index in [1.807, 2.05) is 0 Å². The third kappa shape index (κ3) is 24.5. The molecule has 0 aliphatic carbocycles. The lowest BCUT2D eigenvalue weighted by molar-refractivity contribution is -0.147. The van der Waals surface area contributed by atoms with E-state index in [4.69, 9.17) is 20.4 Å². The number of carboxylic acid groups (broad SMARTS) is 4. The number of aliphatic carboxylic acids is 4. The lowest BCUT2D eigenvalue weighted by atomic mass is 10.5. The summed E-state index contributed by atoms with van der Waals surface area (Å²) in [5, 5.41) is 31.0. The molecule has 15 heavy (non-hydrogen) atoms. The van der Waals surface area contributed by atoms with Crippen molar-refractivity contribution in [3.8, 4) is 0 Å². The zero-order valence-electron chi connectivity index (χ0n) is 7.28. The van der Waals surface area contributed by atoms with Gasteiger partial charge in [-0.05, 0) is 0 Å². The fourth-order valence-electron chi connectivity index (χ4n) is 0.272. The van der Waals surface area contributed by atoms with Gasteiger partial charge in [0, 0.05) is 12.2 Å². The Morgan fingerprint density at radius 2 is 1.00 bits per heavy atom. The maximum atomic E-state index is 9.55. The molecule has 0 fully saturated rings. The molecule has 0 aromatic carbocycles. The van der Waals surface area contributed by atoms with Crippen molar-refractivity contribution in [2.24, 2.45) is 0 Å². The van der Waals surface area contributed by atoms with Crippen LogP contribution >= 0.6 is 0 Å². The van der Waals surface area contributed by atoms with Crippen molar-refractivity contribution in [3.05, 3.63) is 12.2 Å². The molecule has 0 bridgehead atoms. The maximum absolute atomic E-state index is 9.55. The minimum absolute atomic E-state index is 0.558. The maximum Gasteiger partial charge on any atom is 0.328 e. The molecule has 8 heteroatoms. The highest BCUT2D eigenvalue weighted by Gasteiger charge is 2.01. The molecular weight excluding hydrogens is 212 g/mol. The first-order valence-electron chi connectivity index (χ1n) is 3.33. The number of hydrogen-bond donors (Lipinski definition) is 4. The van der Waals surface area contributed by atoms with Crippen molar-refractivity contribution in [1.29, 1.82) is 0 Å². The molecule has 0 atom stereocenters.